The summed E-state index contributed by atoms with van der Waals surface area (Å²) in [7, 11) is 1.72. The lowest BCUT2D eigenvalue weighted by molar-refractivity contribution is -0.384. The Balaban J connectivity index is 2.38. The van der Waals surface area contributed by atoms with E-state index in [1.54, 1.807) is 11.7 Å². The summed E-state index contributed by atoms with van der Waals surface area (Å²) in [6.07, 6.45) is 0. The number of non-ortho nitro benzene ring substituents is 1. The number of rotatable bonds is 4. The summed E-state index contributed by atoms with van der Waals surface area (Å²) >= 11 is 11.9. The van der Waals surface area contributed by atoms with Crippen molar-refractivity contribution in [3.63, 3.8) is 0 Å². The number of alkyl halides is 1. The standard InChI is InChI=1S/C12H11Cl2N3O3/c1-7-9(6-13)12(16(2)15-7)20-11-4-3-8(17(18)19)5-10(11)14/h3-5H,6H2,1-2H3. The van der Waals surface area contributed by atoms with Crippen LogP contribution in [-0.4, -0.2) is 14.7 Å². The van der Waals surface area contributed by atoms with E-state index in [1.807, 2.05) is 6.92 Å². The van der Waals surface area contributed by atoms with E-state index in [2.05, 4.69) is 5.10 Å². The van der Waals surface area contributed by atoms with Gasteiger partial charge in [0.2, 0.25) is 5.88 Å². The highest BCUT2D eigenvalue weighted by atomic mass is 35.5. The van der Waals surface area contributed by atoms with Crippen molar-refractivity contribution >= 4 is 28.9 Å². The van der Waals surface area contributed by atoms with Crippen LogP contribution in [0.3, 0.4) is 0 Å². The Morgan fingerprint density at radius 3 is 2.75 bits per heavy atom. The molecule has 0 spiro atoms. The van der Waals surface area contributed by atoms with Crippen molar-refractivity contribution in [2.75, 3.05) is 0 Å². The van der Waals surface area contributed by atoms with Gasteiger partial charge in [0.25, 0.3) is 5.69 Å². The topological polar surface area (TPSA) is 70.2 Å². The molecule has 0 saturated heterocycles. The lowest BCUT2D eigenvalue weighted by Gasteiger charge is -2.09. The summed E-state index contributed by atoms with van der Waals surface area (Å²) in [6.45, 7) is 1.82. The molecule has 0 fully saturated rings. The van der Waals surface area contributed by atoms with Gasteiger partial charge < -0.3 is 4.74 Å². The molecule has 2 aromatic rings. The first-order chi connectivity index (χ1) is 9.43. The van der Waals surface area contributed by atoms with E-state index in [0.29, 0.717) is 11.6 Å². The van der Waals surface area contributed by atoms with Crippen LogP contribution in [-0.2, 0) is 12.9 Å². The van der Waals surface area contributed by atoms with E-state index < -0.39 is 4.92 Å². The number of nitro groups is 1. The fourth-order valence-corrected chi connectivity index (χ4v) is 2.27. The first-order valence-electron chi connectivity index (χ1n) is 5.64. The average molecular weight is 316 g/mol. The zero-order valence-corrected chi connectivity index (χ0v) is 12.3. The predicted molar refractivity (Wildman–Crippen MR) is 75.7 cm³/mol. The molecule has 0 aliphatic rings. The number of aryl methyl sites for hydroxylation is 2. The highest BCUT2D eigenvalue weighted by Gasteiger charge is 2.17. The molecule has 0 saturated carbocycles. The third-order valence-electron chi connectivity index (χ3n) is 2.76. The Hall–Kier alpha value is -1.79. The van der Waals surface area contributed by atoms with Gasteiger partial charge >= 0.3 is 0 Å². The molecule has 8 heteroatoms. The number of aromatic nitrogens is 2. The van der Waals surface area contributed by atoms with Crippen LogP contribution in [0.1, 0.15) is 11.3 Å². The molecule has 0 N–H and O–H groups in total. The highest BCUT2D eigenvalue weighted by Crippen LogP contribution is 2.34. The van der Waals surface area contributed by atoms with E-state index in [4.69, 9.17) is 27.9 Å². The first-order valence-corrected chi connectivity index (χ1v) is 6.55. The Kier molecular flexibility index (Phi) is 4.15. The van der Waals surface area contributed by atoms with Gasteiger partial charge in [0, 0.05) is 19.2 Å². The van der Waals surface area contributed by atoms with Crippen LogP contribution in [0.25, 0.3) is 0 Å². The molecule has 0 unspecified atom stereocenters. The number of hydrogen-bond donors (Lipinski definition) is 0. The van der Waals surface area contributed by atoms with Gasteiger partial charge in [-0.15, -0.1) is 11.6 Å². The van der Waals surface area contributed by atoms with E-state index in [-0.39, 0.29) is 16.6 Å². The Labute approximate surface area is 125 Å². The second-order valence-electron chi connectivity index (χ2n) is 4.10. The Morgan fingerprint density at radius 2 is 2.20 bits per heavy atom. The molecule has 0 radical (unpaired) electrons. The number of nitro benzene ring substituents is 1. The normalized spacial score (nSPS) is 10.6. The van der Waals surface area contributed by atoms with E-state index in [0.717, 1.165) is 11.3 Å². The largest absolute Gasteiger partial charge is 0.437 e. The monoisotopic (exact) mass is 315 g/mol. The summed E-state index contributed by atoms with van der Waals surface area (Å²) in [5, 5.41) is 15.0. The van der Waals surface area contributed by atoms with Crippen LogP contribution in [0.5, 0.6) is 11.6 Å². The maximum Gasteiger partial charge on any atom is 0.271 e. The maximum atomic E-state index is 10.7. The van der Waals surface area contributed by atoms with E-state index in [9.17, 15) is 10.1 Å². The molecule has 0 atom stereocenters. The minimum Gasteiger partial charge on any atom is -0.437 e. The fourth-order valence-electron chi connectivity index (χ4n) is 1.75. The number of benzene rings is 1. The van der Waals surface area contributed by atoms with Gasteiger partial charge in [0.1, 0.15) is 5.75 Å². The van der Waals surface area contributed by atoms with Gasteiger partial charge in [-0.1, -0.05) is 11.6 Å². The highest BCUT2D eigenvalue weighted by molar-refractivity contribution is 6.32. The van der Waals surface area contributed by atoms with Gasteiger partial charge in [-0.3, -0.25) is 10.1 Å². The lowest BCUT2D eigenvalue weighted by Crippen LogP contribution is -1.97. The zero-order chi connectivity index (χ0) is 14.9. The molecule has 0 aliphatic carbocycles. The molecule has 20 heavy (non-hydrogen) atoms. The maximum absolute atomic E-state index is 10.7. The molecule has 0 amide bonds. The molecule has 1 aromatic heterocycles. The van der Waals surface area contributed by atoms with E-state index >= 15 is 0 Å². The third kappa shape index (κ3) is 2.71. The molecule has 1 heterocycles. The van der Waals surface area contributed by atoms with Crippen LogP contribution >= 0.6 is 23.2 Å². The van der Waals surface area contributed by atoms with E-state index in [1.165, 1.54) is 18.2 Å². The van der Waals surface area contributed by atoms with Gasteiger partial charge in [-0.2, -0.15) is 5.10 Å². The quantitative estimate of drug-likeness (QED) is 0.488. The second-order valence-corrected chi connectivity index (χ2v) is 4.77. The second kappa shape index (κ2) is 5.68. The number of nitrogens with zero attached hydrogens (tertiary/aromatic N) is 3. The van der Waals surface area contributed by atoms with Crippen molar-refractivity contribution in [2.45, 2.75) is 12.8 Å². The molecule has 1 aromatic carbocycles. The smallest absolute Gasteiger partial charge is 0.271 e. The molecule has 0 aliphatic heterocycles. The number of ether oxygens (including phenoxy) is 1. The van der Waals surface area contributed by atoms with Gasteiger partial charge in [0.05, 0.1) is 27.1 Å². The van der Waals surface area contributed by atoms with Crippen LogP contribution < -0.4 is 4.74 Å². The first kappa shape index (κ1) is 14.6. The average Bonchev–Trinajstić information content (AvgIpc) is 2.65. The lowest BCUT2D eigenvalue weighted by atomic mass is 10.3. The molecular weight excluding hydrogens is 305 g/mol. The van der Waals surface area contributed by atoms with Crippen molar-refractivity contribution < 1.29 is 9.66 Å². The van der Waals surface area contributed by atoms with Crippen molar-refractivity contribution in [2.24, 2.45) is 7.05 Å². The van der Waals surface area contributed by atoms with Crippen molar-refractivity contribution in [3.05, 3.63) is 44.6 Å². The van der Waals surface area contributed by atoms with Gasteiger partial charge in [-0.25, -0.2) is 4.68 Å². The third-order valence-corrected chi connectivity index (χ3v) is 3.32. The van der Waals surface area contributed by atoms with Crippen LogP contribution in [0, 0.1) is 17.0 Å². The minimum absolute atomic E-state index is 0.0962. The molecule has 0 bridgehead atoms. The summed E-state index contributed by atoms with van der Waals surface area (Å²) in [4.78, 5) is 10.1. The van der Waals surface area contributed by atoms with Gasteiger partial charge in [-0.05, 0) is 13.0 Å². The van der Waals surface area contributed by atoms with Gasteiger partial charge in [0.15, 0.2) is 0 Å². The fraction of sp³-hybridized carbons (Fsp3) is 0.250. The number of hydrogen-bond acceptors (Lipinski definition) is 4. The van der Waals surface area contributed by atoms with Crippen LogP contribution in [0.15, 0.2) is 18.2 Å². The van der Waals surface area contributed by atoms with Crippen molar-refractivity contribution in [3.8, 4) is 11.6 Å². The van der Waals surface area contributed by atoms with Crippen molar-refractivity contribution in [1.29, 1.82) is 0 Å². The Bertz CT molecular complexity index is 670. The summed E-state index contributed by atoms with van der Waals surface area (Å²) in [5.74, 6) is 1.03. The van der Waals surface area contributed by atoms with Crippen LogP contribution in [0.4, 0.5) is 5.69 Å². The summed E-state index contributed by atoms with van der Waals surface area (Å²) in [6, 6.07) is 4.01. The van der Waals surface area contributed by atoms with Crippen LogP contribution in [0.2, 0.25) is 5.02 Å². The molecule has 2 rings (SSSR count). The predicted octanol–water partition coefficient (Wildman–Crippen LogP) is 3.82. The SMILES string of the molecule is Cc1nn(C)c(Oc2ccc([N+](=O)[O-])cc2Cl)c1CCl. The Morgan fingerprint density at radius 1 is 1.50 bits per heavy atom. The molecular formula is C12H11Cl2N3O3. The zero-order valence-electron chi connectivity index (χ0n) is 10.8. The summed E-state index contributed by atoms with van der Waals surface area (Å²) < 4.78 is 7.23. The summed E-state index contributed by atoms with van der Waals surface area (Å²) in [5.41, 5.74) is 1.42. The van der Waals surface area contributed by atoms with Crippen molar-refractivity contribution in [1.82, 2.24) is 9.78 Å². The minimum atomic E-state index is -0.520. The molecule has 106 valence electrons. The number of halogens is 2. The molecule has 6 nitrogen and oxygen atoms in total.